The first-order valence-electron chi connectivity index (χ1n) is 12.2. The van der Waals surface area contributed by atoms with Crippen molar-refractivity contribution in [2.75, 3.05) is 5.32 Å². The number of anilines is 1. The van der Waals surface area contributed by atoms with Gasteiger partial charge in [0.25, 0.3) is 5.91 Å². The second-order valence-electron chi connectivity index (χ2n) is 9.56. The first-order chi connectivity index (χ1) is 17.7. The van der Waals surface area contributed by atoms with Gasteiger partial charge < -0.3 is 14.2 Å². The van der Waals surface area contributed by atoms with Crippen molar-refractivity contribution in [3.63, 3.8) is 0 Å². The summed E-state index contributed by atoms with van der Waals surface area (Å²) in [6.07, 6.45) is 4.02. The molecular weight excluding hydrogens is 534 g/mol. The monoisotopic (exact) mass is 561 g/mol. The van der Waals surface area contributed by atoms with Gasteiger partial charge in [0, 0.05) is 33.0 Å². The minimum atomic E-state index is -0.322. The third kappa shape index (κ3) is 4.85. The average Bonchev–Trinajstić information content (AvgIpc) is 3.43. The number of aryl methyl sites for hydroxylation is 4. The minimum Gasteiger partial charge on any atom is -0.464 e. The molecule has 1 aliphatic rings. The van der Waals surface area contributed by atoms with E-state index >= 15 is 0 Å². The van der Waals surface area contributed by atoms with E-state index in [1.165, 1.54) is 0 Å². The van der Waals surface area contributed by atoms with Gasteiger partial charge in [-0.25, -0.2) is 5.43 Å². The Hall–Kier alpha value is -3.65. The van der Waals surface area contributed by atoms with Crippen LogP contribution in [0.2, 0.25) is 0 Å². The van der Waals surface area contributed by atoms with E-state index in [0.717, 1.165) is 66.7 Å². The summed E-state index contributed by atoms with van der Waals surface area (Å²) < 4.78 is 12.5. The Balaban J connectivity index is 1.33. The third-order valence-electron chi connectivity index (χ3n) is 6.91. The van der Waals surface area contributed by atoms with Crippen LogP contribution in [-0.2, 0) is 17.6 Å². The molecule has 0 radical (unpaired) electrons. The number of benzene rings is 2. The summed E-state index contributed by atoms with van der Waals surface area (Å²) in [5.74, 6) is 0.423. The van der Waals surface area contributed by atoms with Gasteiger partial charge in [0.15, 0.2) is 5.76 Å². The van der Waals surface area contributed by atoms with Crippen molar-refractivity contribution < 1.29 is 18.4 Å². The predicted octanol–water partition coefficient (Wildman–Crippen LogP) is 6.67. The highest BCUT2D eigenvalue weighted by Gasteiger charge is 2.28. The largest absolute Gasteiger partial charge is 0.464 e. The number of hydrazone groups is 1. The molecule has 0 aliphatic heterocycles. The number of halogens is 1. The maximum Gasteiger partial charge on any atom is 0.291 e. The van der Waals surface area contributed by atoms with Gasteiger partial charge in [-0.05, 0) is 85.3 Å². The Morgan fingerprint density at radius 2 is 1.86 bits per heavy atom. The number of nitrogens with one attached hydrogen (secondary N) is 2. The molecule has 2 aromatic heterocycles. The highest BCUT2D eigenvalue weighted by molar-refractivity contribution is 9.10. The molecule has 190 valence electrons. The second kappa shape index (κ2) is 10.0. The van der Waals surface area contributed by atoms with Crippen LogP contribution in [-0.4, -0.2) is 17.5 Å². The van der Waals surface area contributed by atoms with Crippen LogP contribution in [0.5, 0.6) is 0 Å². The van der Waals surface area contributed by atoms with Gasteiger partial charge in [-0.3, -0.25) is 9.59 Å². The van der Waals surface area contributed by atoms with Crippen molar-refractivity contribution in [2.24, 2.45) is 5.10 Å². The standard InChI is InChI=1S/C29H28BrN3O4/c1-15-8-11-22(21(30)12-15)31-29(35)28-18(4)26-23(6-5-7-24(26)37-28)32-33-25(34)13-19-14-36-27-17(3)16(2)9-10-20(19)27/h8-12,14H,5-7,13H2,1-4H3,(H,31,35)(H,33,34)/b32-23+. The molecule has 2 amide bonds. The van der Waals surface area contributed by atoms with E-state index in [2.05, 4.69) is 31.8 Å². The molecule has 7 nitrogen and oxygen atoms in total. The lowest BCUT2D eigenvalue weighted by Crippen LogP contribution is -2.23. The summed E-state index contributed by atoms with van der Waals surface area (Å²) in [6.45, 7) is 7.89. The van der Waals surface area contributed by atoms with Crippen LogP contribution in [0, 0.1) is 27.7 Å². The van der Waals surface area contributed by atoms with Crippen molar-refractivity contribution in [1.29, 1.82) is 0 Å². The molecule has 0 atom stereocenters. The summed E-state index contributed by atoms with van der Waals surface area (Å²) in [5.41, 5.74) is 10.5. The zero-order valence-electron chi connectivity index (χ0n) is 21.3. The maximum absolute atomic E-state index is 13.0. The van der Waals surface area contributed by atoms with Gasteiger partial charge in [-0.1, -0.05) is 18.2 Å². The summed E-state index contributed by atoms with van der Waals surface area (Å²) in [4.78, 5) is 25.8. The number of carbonyl (C=O) groups excluding carboxylic acids is 2. The highest BCUT2D eigenvalue weighted by Crippen LogP contribution is 2.31. The molecule has 0 saturated heterocycles. The van der Waals surface area contributed by atoms with Gasteiger partial charge in [0.05, 0.1) is 24.1 Å². The number of carbonyl (C=O) groups is 2. The van der Waals surface area contributed by atoms with E-state index in [0.29, 0.717) is 18.5 Å². The Morgan fingerprint density at radius 3 is 2.65 bits per heavy atom. The Morgan fingerprint density at radius 1 is 1.05 bits per heavy atom. The average molecular weight is 562 g/mol. The number of furan rings is 2. The molecule has 4 aromatic rings. The van der Waals surface area contributed by atoms with Crippen molar-refractivity contribution in [3.05, 3.63) is 86.0 Å². The van der Waals surface area contributed by atoms with Gasteiger partial charge in [0.2, 0.25) is 5.91 Å². The molecule has 8 heteroatoms. The Labute approximate surface area is 223 Å². The second-order valence-corrected chi connectivity index (χ2v) is 10.4. The number of hydrogen-bond acceptors (Lipinski definition) is 5. The molecule has 2 N–H and O–H groups in total. The highest BCUT2D eigenvalue weighted by atomic mass is 79.9. The molecule has 0 fully saturated rings. The van der Waals surface area contributed by atoms with Gasteiger partial charge >= 0.3 is 0 Å². The molecule has 0 saturated carbocycles. The molecule has 0 spiro atoms. The zero-order valence-corrected chi connectivity index (χ0v) is 22.8. The fraction of sp³-hybridized carbons (Fsp3) is 0.276. The molecule has 0 unspecified atom stereocenters. The molecule has 0 bridgehead atoms. The van der Waals surface area contributed by atoms with Crippen molar-refractivity contribution in [3.8, 4) is 0 Å². The summed E-state index contributed by atoms with van der Waals surface area (Å²) in [5, 5.41) is 8.30. The van der Waals surface area contributed by atoms with E-state index in [-0.39, 0.29) is 24.0 Å². The van der Waals surface area contributed by atoms with Crippen LogP contribution in [0.15, 0.2) is 55.0 Å². The number of amides is 2. The predicted molar refractivity (Wildman–Crippen MR) is 147 cm³/mol. The van der Waals surface area contributed by atoms with Crippen molar-refractivity contribution in [2.45, 2.75) is 53.4 Å². The Kier molecular flexibility index (Phi) is 6.77. The van der Waals surface area contributed by atoms with Crippen molar-refractivity contribution in [1.82, 2.24) is 5.43 Å². The quantitative estimate of drug-likeness (QED) is 0.266. The molecule has 5 rings (SSSR count). The number of hydrogen-bond donors (Lipinski definition) is 2. The normalized spacial score (nSPS) is 14.1. The van der Waals surface area contributed by atoms with E-state index < -0.39 is 0 Å². The van der Waals surface area contributed by atoms with Gasteiger partial charge in [-0.15, -0.1) is 0 Å². The molecule has 1 aliphatic carbocycles. The summed E-state index contributed by atoms with van der Waals surface area (Å²) in [6, 6.07) is 9.74. The smallest absolute Gasteiger partial charge is 0.291 e. The van der Waals surface area contributed by atoms with Crippen LogP contribution in [0.3, 0.4) is 0 Å². The van der Waals surface area contributed by atoms with E-state index in [9.17, 15) is 9.59 Å². The molecule has 2 aromatic carbocycles. The zero-order chi connectivity index (χ0) is 26.3. The lowest BCUT2D eigenvalue weighted by molar-refractivity contribution is -0.120. The molecule has 2 heterocycles. The topological polar surface area (TPSA) is 96.8 Å². The number of fused-ring (bicyclic) bond motifs is 2. The maximum atomic E-state index is 13.0. The fourth-order valence-electron chi connectivity index (χ4n) is 4.76. The SMILES string of the molecule is Cc1ccc(NC(=O)c2oc3c(c2C)/C(=N/NC(=O)Cc2coc4c(C)c(C)ccc24)CCC3)c(Br)c1. The van der Waals surface area contributed by atoms with Crippen LogP contribution in [0.25, 0.3) is 11.0 Å². The van der Waals surface area contributed by atoms with Crippen LogP contribution in [0.1, 0.15) is 62.5 Å². The minimum absolute atomic E-state index is 0.155. The van der Waals surface area contributed by atoms with Gasteiger partial charge in [0.1, 0.15) is 11.3 Å². The van der Waals surface area contributed by atoms with E-state index in [4.69, 9.17) is 8.83 Å². The van der Waals surface area contributed by atoms with Crippen LogP contribution >= 0.6 is 15.9 Å². The summed E-state index contributed by atoms with van der Waals surface area (Å²) in [7, 11) is 0. The lowest BCUT2D eigenvalue weighted by Gasteiger charge is -2.13. The summed E-state index contributed by atoms with van der Waals surface area (Å²) >= 11 is 3.50. The van der Waals surface area contributed by atoms with Crippen LogP contribution < -0.4 is 10.7 Å². The number of rotatable bonds is 5. The molecule has 37 heavy (non-hydrogen) atoms. The van der Waals surface area contributed by atoms with Gasteiger partial charge in [-0.2, -0.15) is 5.10 Å². The fourth-order valence-corrected chi connectivity index (χ4v) is 5.36. The lowest BCUT2D eigenvalue weighted by atomic mass is 9.93. The van der Waals surface area contributed by atoms with E-state index in [1.807, 2.05) is 58.0 Å². The Bertz CT molecular complexity index is 1580. The van der Waals surface area contributed by atoms with Crippen LogP contribution in [0.4, 0.5) is 5.69 Å². The third-order valence-corrected chi connectivity index (χ3v) is 7.57. The number of nitrogens with zero attached hydrogens (tertiary/aromatic N) is 1. The van der Waals surface area contributed by atoms with E-state index in [1.54, 1.807) is 6.26 Å². The first kappa shape index (κ1) is 25.0. The first-order valence-corrected chi connectivity index (χ1v) is 13.0. The molecular formula is C29H28BrN3O4. The van der Waals surface area contributed by atoms with Crippen molar-refractivity contribution >= 4 is 50.1 Å².